The third-order valence-corrected chi connectivity index (χ3v) is 5.23. The number of methoxy groups -OCH3 is 1. The second-order valence-electron chi connectivity index (χ2n) is 7.22. The first-order chi connectivity index (χ1) is 13.5. The Hall–Kier alpha value is -3.02. The molecule has 146 valence electrons. The molecule has 6 nitrogen and oxygen atoms in total. The highest BCUT2D eigenvalue weighted by molar-refractivity contribution is 6.04. The molecular formula is C22H25N3O3. The van der Waals surface area contributed by atoms with Crippen LogP contribution in [0.5, 0.6) is 17.2 Å². The summed E-state index contributed by atoms with van der Waals surface area (Å²) in [6.07, 6.45) is 0.908. The zero-order valence-electron chi connectivity index (χ0n) is 16.6. The van der Waals surface area contributed by atoms with Crippen molar-refractivity contribution in [3.8, 4) is 17.2 Å². The number of carbonyl (C=O) groups excluding carboxylic acids is 1. The molecule has 28 heavy (non-hydrogen) atoms. The number of fused-ring (bicyclic) bond motifs is 2. The average molecular weight is 379 g/mol. The van der Waals surface area contributed by atoms with E-state index in [1.54, 1.807) is 14.0 Å². The number of hydrogen-bond donors (Lipinski definition) is 0. The van der Waals surface area contributed by atoms with Gasteiger partial charge >= 0.3 is 0 Å². The summed E-state index contributed by atoms with van der Waals surface area (Å²) in [4.78, 5) is 20.9. The van der Waals surface area contributed by atoms with Gasteiger partial charge in [-0.25, -0.2) is 4.99 Å². The van der Waals surface area contributed by atoms with Crippen LogP contribution in [-0.2, 0) is 4.79 Å². The molecule has 0 bridgehead atoms. The molecule has 2 aliphatic heterocycles. The van der Waals surface area contributed by atoms with Crippen LogP contribution in [0.1, 0.15) is 24.5 Å². The summed E-state index contributed by atoms with van der Waals surface area (Å²) in [5, 5.41) is 0. The standard InChI is InChI=1S/C22H25N3O3/c1-15-5-8-19-21(13-15)28-20-14-17(27-3)6-7-18(20)22(23-19)25-10-4-9-24(11-12-25)16(2)26/h5-8,13-14H,4,9-12H2,1-3H3. The lowest BCUT2D eigenvalue weighted by atomic mass is 10.1. The molecule has 0 saturated carbocycles. The van der Waals surface area contributed by atoms with Crippen LogP contribution >= 0.6 is 0 Å². The van der Waals surface area contributed by atoms with Gasteiger partial charge in [0.25, 0.3) is 0 Å². The van der Waals surface area contributed by atoms with Crippen molar-refractivity contribution in [1.82, 2.24) is 9.80 Å². The van der Waals surface area contributed by atoms with E-state index in [1.807, 2.05) is 48.2 Å². The van der Waals surface area contributed by atoms with Crippen molar-refractivity contribution < 1.29 is 14.3 Å². The lowest BCUT2D eigenvalue weighted by molar-refractivity contribution is -0.128. The fraction of sp³-hybridized carbons (Fsp3) is 0.364. The Kier molecular flexibility index (Phi) is 4.94. The minimum atomic E-state index is 0.124. The Morgan fingerprint density at radius 2 is 1.93 bits per heavy atom. The number of aliphatic imine (C=N–C) groups is 1. The summed E-state index contributed by atoms with van der Waals surface area (Å²) < 4.78 is 11.6. The zero-order valence-corrected chi connectivity index (χ0v) is 16.6. The maximum atomic E-state index is 11.8. The van der Waals surface area contributed by atoms with E-state index in [1.165, 1.54) is 0 Å². The van der Waals surface area contributed by atoms with Crippen LogP contribution < -0.4 is 9.47 Å². The highest BCUT2D eigenvalue weighted by Crippen LogP contribution is 2.40. The lowest BCUT2D eigenvalue weighted by Crippen LogP contribution is -2.36. The largest absolute Gasteiger partial charge is 0.497 e. The van der Waals surface area contributed by atoms with Crippen molar-refractivity contribution in [3.63, 3.8) is 0 Å². The number of amides is 1. The van der Waals surface area contributed by atoms with Crippen LogP contribution in [0.2, 0.25) is 0 Å². The SMILES string of the molecule is COc1ccc2c(c1)Oc1cc(C)ccc1N=C2N1CCCN(C(C)=O)CC1. The zero-order chi connectivity index (χ0) is 19.7. The third kappa shape index (κ3) is 3.54. The molecule has 0 aromatic heterocycles. The predicted molar refractivity (Wildman–Crippen MR) is 109 cm³/mol. The summed E-state index contributed by atoms with van der Waals surface area (Å²) in [6.45, 7) is 6.73. The summed E-state index contributed by atoms with van der Waals surface area (Å²) in [6, 6.07) is 11.9. The van der Waals surface area contributed by atoms with Gasteiger partial charge in [0.05, 0.1) is 12.7 Å². The third-order valence-electron chi connectivity index (χ3n) is 5.23. The first-order valence-corrected chi connectivity index (χ1v) is 9.61. The van der Waals surface area contributed by atoms with E-state index < -0.39 is 0 Å². The van der Waals surface area contributed by atoms with Gasteiger partial charge in [-0.15, -0.1) is 0 Å². The summed E-state index contributed by atoms with van der Waals surface area (Å²) in [7, 11) is 1.65. The lowest BCUT2D eigenvalue weighted by Gasteiger charge is -2.25. The van der Waals surface area contributed by atoms with Crippen molar-refractivity contribution in [2.45, 2.75) is 20.3 Å². The van der Waals surface area contributed by atoms with E-state index in [-0.39, 0.29) is 5.91 Å². The van der Waals surface area contributed by atoms with Crippen LogP contribution in [0.3, 0.4) is 0 Å². The minimum Gasteiger partial charge on any atom is -0.497 e. The van der Waals surface area contributed by atoms with Gasteiger partial charge < -0.3 is 19.3 Å². The average Bonchev–Trinajstić information content (AvgIpc) is 3.01. The van der Waals surface area contributed by atoms with Gasteiger partial charge in [0.1, 0.15) is 23.0 Å². The quantitative estimate of drug-likeness (QED) is 0.757. The number of rotatable bonds is 1. The first kappa shape index (κ1) is 18.3. The van der Waals surface area contributed by atoms with Crippen molar-refractivity contribution >= 4 is 17.4 Å². The fourth-order valence-corrected chi connectivity index (χ4v) is 3.67. The van der Waals surface area contributed by atoms with Gasteiger partial charge in [0.2, 0.25) is 5.91 Å². The second kappa shape index (κ2) is 7.54. The fourth-order valence-electron chi connectivity index (χ4n) is 3.67. The number of amidine groups is 1. The van der Waals surface area contributed by atoms with Crippen LogP contribution in [0.4, 0.5) is 5.69 Å². The Morgan fingerprint density at radius 1 is 1.07 bits per heavy atom. The molecule has 0 spiro atoms. The molecule has 2 aromatic carbocycles. The Labute approximate surface area is 165 Å². The van der Waals surface area contributed by atoms with Crippen molar-refractivity contribution in [3.05, 3.63) is 47.5 Å². The number of ether oxygens (including phenoxy) is 2. The van der Waals surface area contributed by atoms with Crippen molar-refractivity contribution in [2.24, 2.45) is 4.99 Å². The minimum absolute atomic E-state index is 0.124. The van der Waals surface area contributed by atoms with E-state index in [2.05, 4.69) is 4.90 Å². The molecule has 4 rings (SSSR count). The molecule has 0 atom stereocenters. The van der Waals surface area contributed by atoms with Gasteiger partial charge in [-0.3, -0.25) is 4.79 Å². The molecule has 1 fully saturated rings. The highest BCUT2D eigenvalue weighted by atomic mass is 16.5. The van der Waals surface area contributed by atoms with Crippen LogP contribution in [-0.4, -0.2) is 54.8 Å². The number of aryl methyl sites for hydroxylation is 1. The number of hydrogen-bond acceptors (Lipinski definition) is 5. The molecule has 0 unspecified atom stereocenters. The summed E-state index contributed by atoms with van der Waals surface area (Å²) >= 11 is 0. The summed E-state index contributed by atoms with van der Waals surface area (Å²) in [5.74, 6) is 3.22. The Morgan fingerprint density at radius 3 is 2.71 bits per heavy atom. The number of carbonyl (C=O) groups is 1. The Bertz CT molecular complexity index is 939. The Balaban J connectivity index is 1.78. The monoisotopic (exact) mass is 379 g/mol. The smallest absolute Gasteiger partial charge is 0.219 e. The van der Waals surface area contributed by atoms with Crippen LogP contribution in [0.15, 0.2) is 41.4 Å². The molecular weight excluding hydrogens is 354 g/mol. The van der Waals surface area contributed by atoms with Gasteiger partial charge in [0.15, 0.2) is 5.75 Å². The van der Waals surface area contributed by atoms with Crippen molar-refractivity contribution in [2.75, 3.05) is 33.3 Å². The van der Waals surface area contributed by atoms with E-state index in [0.717, 1.165) is 66.0 Å². The molecule has 0 aliphatic carbocycles. The number of nitrogens with zero attached hydrogens (tertiary/aromatic N) is 3. The van der Waals surface area contributed by atoms with Gasteiger partial charge in [-0.2, -0.15) is 0 Å². The second-order valence-corrected chi connectivity index (χ2v) is 7.22. The maximum Gasteiger partial charge on any atom is 0.219 e. The van der Waals surface area contributed by atoms with Crippen molar-refractivity contribution in [1.29, 1.82) is 0 Å². The highest BCUT2D eigenvalue weighted by Gasteiger charge is 2.25. The van der Waals surface area contributed by atoms with Gasteiger partial charge in [-0.1, -0.05) is 6.07 Å². The molecule has 0 radical (unpaired) electrons. The molecule has 1 amide bonds. The molecule has 2 heterocycles. The van der Waals surface area contributed by atoms with Gasteiger partial charge in [-0.05, 0) is 43.2 Å². The summed E-state index contributed by atoms with van der Waals surface area (Å²) in [5.41, 5.74) is 2.86. The molecule has 6 heteroatoms. The topological polar surface area (TPSA) is 54.4 Å². The van der Waals surface area contributed by atoms with E-state index in [0.29, 0.717) is 6.54 Å². The predicted octanol–water partition coefficient (Wildman–Crippen LogP) is 3.74. The molecule has 0 N–H and O–H groups in total. The maximum absolute atomic E-state index is 11.8. The van der Waals surface area contributed by atoms with E-state index >= 15 is 0 Å². The number of benzene rings is 2. The first-order valence-electron chi connectivity index (χ1n) is 9.61. The van der Waals surface area contributed by atoms with Gasteiger partial charge in [0, 0.05) is 39.2 Å². The molecule has 1 saturated heterocycles. The van der Waals surface area contributed by atoms with E-state index in [4.69, 9.17) is 14.5 Å². The van der Waals surface area contributed by atoms with E-state index in [9.17, 15) is 4.79 Å². The van der Waals surface area contributed by atoms with Crippen LogP contribution in [0, 0.1) is 6.92 Å². The normalized spacial score (nSPS) is 16.2. The molecule has 2 aromatic rings. The molecule has 2 aliphatic rings. The van der Waals surface area contributed by atoms with Crippen LogP contribution in [0.25, 0.3) is 0 Å².